The number of benzene rings is 2. The van der Waals surface area contributed by atoms with Crippen molar-refractivity contribution in [3.63, 3.8) is 0 Å². The summed E-state index contributed by atoms with van der Waals surface area (Å²) in [5.41, 5.74) is 4.62. The fourth-order valence-electron chi connectivity index (χ4n) is 3.39. The minimum atomic E-state index is -0.934. The molecule has 0 saturated carbocycles. The SMILES string of the molecule is C[C@H](C(=O)O)c1cnc(NC(=O)OCC2c3ccccc3-c3ccccc32)s1. The maximum Gasteiger partial charge on any atom is 0.413 e. The Labute approximate surface area is 165 Å². The number of nitrogens with one attached hydrogen (secondary N) is 1. The fraction of sp³-hybridized carbons (Fsp3) is 0.190. The summed E-state index contributed by atoms with van der Waals surface area (Å²) in [4.78, 5) is 27.9. The molecule has 6 nitrogen and oxygen atoms in total. The molecular formula is C21H18N2O4S. The first kappa shape index (κ1) is 18.2. The van der Waals surface area contributed by atoms with Gasteiger partial charge in [0.05, 0.1) is 5.92 Å². The van der Waals surface area contributed by atoms with Crippen LogP contribution in [0.2, 0.25) is 0 Å². The molecule has 0 unspecified atom stereocenters. The van der Waals surface area contributed by atoms with Crippen LogP contribution in [0.1, 0.15) is 34.8 Å². The number of anilines is 1. The van der Waals surface area contributed by atoms with Crippen molar-refractivity contribution in [2.24, 2.45) is 0 Å². The minimum Gasteiger partial charge on any atom is -0.481 e. The van der Waals surface area contributed by atoms with Crippen molar-refractivity contribution in [1.29, 1.82) is 0 Å². The second-order valence-corrected chi connectivity index (χ2v) is 7.64. The number of aromatic nitrogens is 1. The van der Waals surface area contributed by atoms with Crippen molar-refractivity contribution in [2.45, 2.75) is 18.8 Å². The van der Waals surface area contributed by atoms with Gasteiger partial charge < -0.3 is 9.84 Å². The number of carboxylic acids is 1. The molecule has 0 aliphatic heterocycles. The van der Waals surface area contributed by atoms with Crippen LogP contribution >= 0.6 is 11.3 Å². The van der Waals surface area contributed by atoms with Crippen LogP contribution in [0.3, 0.4) is 0 Å². The largest absolute Gasteiger partial charge is 0.481 e. The lowest BCUT2D eigenvalue weighted by atomic mass is 9.98. The summed E-state index contributed by atoms with van der Waals surface area (Å²) in [6.07, 6.45) is 0.855. The molecule has 1 aromatic heterocycles. The third kappa shape index (κ3) is 3.36. The normalized spacial score (nSPS) is 13.5. The molecule has 2 aromatic carbocycles. The fourth-order valence-corrected chi connectivity index (χ4v) is 4.23. The highest BCUT2D eigenvalue weighted by Gasteiger charge is 2.29. The standard InChI is InChI=1S/C21H18N2O4S/c1-12(19(24)25)18-10-22-20(28-18)23-21(26)27-11-17-15-8-4-2-6-13(15)14-7-3-5-9-16(14)17/h2-10,12,17H,11H2,1H3,(H,24,25)(H,22,23,26)/t12-/m0/s1. The van der Waals surface area contributed by atoms with Gasteiger partial charge in [0.2, 0.25) is 0 Å². The molecule has 2 N–H and O–H groups in total. The molecule has 1 aliphatic carbocycles. The summed E-state index contributed by atoms with van der Waals surface area (Å²) < 4.78 is 5.46. The lowest BCUT2D eigenvalue weighted by Crippen LogP contribution is -2.17. The maximum absolute atomic E-state index is 12.2. The number of carboxylic acid groups (broad SMARTS) is 1. The quantitative estimate of drug-likeness (QED) is 0.655. The number of amides is 1. The summed E-state index contributed by atoms with van der Waals surface area (Å²) >= 11 is 1.13. The van der Waals surface area contributed by atoms with Crippen molar-refractivity contribution in [1.82, 2.24) is 4.98 Å². The molecule has 0 radical (unpaired) electrons. The van der Waals surface area contributed by atoms with E-state index in [9.17, 15) is 9.59 Å². The zero-order valence-electron chi connectivity index (χ0n) is 15.1. The van der Waals surface area contributed by atoms with Crippen molar-refractivity contribution in [3.8, 4) is 11.1 Å². The number of aliphatic carboxylic acids is 1. The number of thiazole rings is 1. The zero-order chi connectivity index (χ0) is 19.7. The van der Waals surface area contributed by atoms with E-state index in [1.54, 1.807) is 6.92 Å². The zero-order valence-corrected chi connectivity index (χ0v) is 15.9. The number of ether oxygens (including phenoxy) is 1. The van der Waals surface area contributed by atoms with Crippen LogP contribution in [0.4, 0.5) is 9.93 Å². The van der Waals surface area contributed by atoms with E-state index in [4.69, 9.17) is 9.84 Å². The Morgan fingerprint density at radius 1 is 1.14 bits per heavy atom. The summed E-state index contributed by atoms with van der Waals surface area (Å²) in [5, 5.41) is 12.0. The highest BCUT2D eigenvalue weighted by molar-refractivity contribution is 7.15. The molecule has 142 valence electrons. The molecule has 0 bridgehead atoms. The number of fused-ring (bicyclic) bond motifs is 3. The predicted molar refractivity (Wildman–Crippen MR) is 107 cm³/mol. The lowest BCUT2D eigenvalue weighted by molar-refractivity contribution is -0.138. The van der Waals surface area contributed by atoms with Gasteiger partial charge >= 0.3 is 12.1 Å². The summed E-state index contributed by atoms with van der Waals surface area (Å²) in [6, 6.07) is 16.2. The molecule has 0 spiro atoms. The Bertz CT molecular complexity index is 1000. The molecule has 3 aromatic rings. The molecule has 1 aliphatic rings. The third-order valence-electron chi connectivity index (χ3n) is 4.87. The molecule has 0 fully saturated rings. The molecule has 4 rings (SSSR count). The van der Waals surface area contributed by atoms with Gasteiger partial charge in [0, 0.05) is 17.0 Å². The van der Waals surface area contributed by atoms with Crippen LogP contribution < -0.4 is 5.32 Å². The number of nitrogens with zero attached hydrogens (tertiary/aromatic N) is 1. The van der Waals surface area contributed by atoms with Crippen LogP contribution in [-0.4, -0.2) is 28.8 Å². The van der Waals surface area contributed by atoms with E-state index in [-0.39, 0.29) is 12.5 Å². The lowest BCUT2D eigenvalue weighted by Gasteiger charge is -2.14. The number of rotatable bonds is 5. The third-order valence-corrected chi connectivity index (χ3v) is 5.97. The van der Waals surface area contributed by atoms with Gasteiger partial charge in [-0.05, 0) is 29.2 Å². The molecule has 28 heavy (non-hydrogen) atoms. The first-order chi connectivity index (χ1) is 13.5. The van der Waals surface area contributed by atoms with Gasteiger partial charge in [-0.1, -0.05) is 48.5 Å². The van der Waals surface area contributed by atoms with Gasteiger partial charge in [0.25, 0.3) is 0 Å². The number of carbonyl (C=O) groups excluding carboxylic acids is 1. The van der Waals surface area contributed by atoms with E-state index in [1.165, 1.54) is 17.3 Å². The molecule has 1 amide bonds. The van der Waals surface area contributed by atoms with E-state index in [0.29, 0.717) is 10.0 Å². The van der Waals surface area contributed by atoms with Crippen LogP contribution in [0.25, 0.3) is 11.1 Å². The highest BCUT2D eigenvalue weighted by atomic mass is 32.1. The van der Waals surface area contributed by atoms with E-state index >= 15 is 0 Å². The Morgan fingerprint density at radius 2 is 1.75 bits per heavy atom. The average Bonchev–Trinajstić information content (AvgIpc) is 3.28. The second-order valence-electron chi connectivity index (χ2n) is 6.58. The molecule has 1 heterocycles. The van der Waals surface area contributed by atoms with Gasteiger partial charge in [-0.3, -0.25) is 10.1 Å². The maximum atomic E-state index is 12.2. The molecule has 0 saturated heterocycles. The van der Waals surface area contributed by atoms with Crippen molar-refractivity contribution in [2.75, 3.05) is 11.9 Å². The van der Waals surface area contributed by atoms with E-state index in [2.05, 4.69) is 34.6 Å². The van der Waals surface area contributed by atoms with E-state index < -0.39 is 18.0 Å². The van der Waals surface area contributed by atoms with Gasteiger partial charge in [0.15, 0.2) is 5.13 Å². The summed E-state index contributed by atoms with van der Waals surface area (Å²) in [6.45, 7) is 1.79. The molecule has 7 heteroatoms. The van der Waals surface area contributed by atoms with Crippen LogP contribution in [0.15, 0.2) is 54.7 Å². The van der Waals surface area contributed by atoms with E-state index in [0.717, 1.165) is 22.5 Å². The number of hydrogen-bond donors (Lipinski definition) is 2. The Kier molecular flexibility index (Phi) is 4.83. The smallest absolute Gasteiger partial charge is 0.413 e. The first-order valence-electron chi connectivity index (χ1n) is 8.85. The average molecular weight is 394 g/mol. The topological polar surface area (TPSA) is 88.5 Å². The second kappa shape index (κ2) is 7.44. The van der Waals surface area contributed by atoms with Gasteiger partial charge in [-0.25, -0.2) is 9.78 Å². The molecule has 1 atom stereocenters. The molecular weight excluding hydrogens is 376 g/mol. The van der Waals surface area contributed by atoms with Crippen molar-refractivity contribution in [3.05, 3.63) is 70.7 Å². The van der Waals surface area contributed by atoms with Crippen molar-refractivity contribution < 1.29 is 19.4 Å². The monoisotopic (exact) mass is 394 g/mol. The minimum absolute atomic E-state index is 0.0166. The van der Waals surface area contributed by atoms with Crippen LogP contribution in [-0.2, 0) is 9.53 Å². The van der Waals surface area contributed by atoms with Gasteiger partial charge in [0.1, 0.15) is 6.61 Å². The number of carbonyl (C=O) groups is 2. The van der Waals surface area contributed by atoms with Gasteiger partial charge in [-0.2, -0.15) is 0 Å². The van der Waals surface area contributed by atoms with E-state index in [1.807, 2.05) is 24.3 Å². The predicted octanol–water partition coefficient (Wildman–Crippen LogP) is 4.69. The van der Waals surface area contributed by atoms with Gasteiger partial charge in [-0.15, -0.1) is 11.3 Å². The number of hydrogen-bond acceptors (Lipinski definition) is 5. The highest BCUT2D eigenvalue weighted by Crippen LogP contribution is 2.44. The Hall–Kier alpha value is -3.19. The summed E-state index contributed by atoms with van der Waals surface area (Å²) in [5.74, 6) is -1.62. The van der Waals surface area contributed by atoms with Crippen molar-refractivity contribution >= 4 is 28.5 Å². The first-order valence-corrected chi connectivity index (χ1v) is 9.66. The Morgan fingerprint density at radius 3 is 2.36 bits per heavy atom. The van der Waals surface area contributed by atoms with Crippen LogP contribution in [0, 0.1) is 0 Å². The Balaban J connectivity index is 1.44. The summed E-state index contributed by atoms with van der Waals surface area (Å²) in [7, 11) is 0. The van der Waals surface area contributed by atoms with Crippen LogP contribution in [0.5, 0.6) is 0 Å².